The molecule has 3 heteroatoms. The van der Waals surface area contributed by atoms with Crippen LogP contribution in [-0.4, -0.2) is 5.97 Å². The summed E-state index contributed by atoms with van der Waals surface area (Å²) >= 11 is 3.37. The maximum atomic E-state index is 11.9. The van der Waals surface area contributed by atoms with Gasteiger partial charge in [-0.05, 0) is 17.7 Å². The molecule has 0 fully saturated rings. The Labute approximate surface area is 107 Å². The first-order chi connectivity index (χ1) is 8.25. The molecular formula is C14H9BrO2. The molecule has 2 aromatic rings. The van der Waals surface area contributed by atoms with Crippen molar-refractivity contribution < 1.29 is 9.53 Å². The number of ether oxygens (including phenoxy) is 1. The van der Waals surface area contributed by atoms with Gasteiger partial charge >= 0.3 is 5.97 Å². The Morgan fingerprint density at radius 2 is 1.82 bits per heavy atom. The van der Waals surface area contributed by atoms with Crippen LogP contribution in [0.1, 0.15) is 17.0 Å². The van der Waals surface area contributed by atoms with Crippen LogP contribution in [0.4, 0.5) is 0 Å². The van der Waals surface area contributed by atoms with E-state index in [-0.39, 0.29) is 11.9 Å². The quantitative estimate of drug-likeness (QED) is 0.593. The monoisotopic (exact) mass is 288 g/mol. The molecule has 0 saturated carbocycles. The second-order valence-electron chi connectivity index (χ2n) is 3.95. The number of esters is 1. The zero-order valence-electron chi connectivity index (χ0n) is 8.89. The third-order valence-electron chi connectivity index (χ3n) is 2.87. The van der Waals surface area contributed by atoms with Crippen LogP contribution < -0.4 is 4.74 Å². The molecule has 0 amide bonds. The highest BCUT2D eigenvalue weighted by Crippen LogP contribution is 2.40. The van der Waals surface area contributed by atoms with Crippen molar-refractivity contribution in [1.29, 1.82) is 0 Å². The van der Waals surface area contributed by atoms with Crippen LogP contribution in [0.25, 0.3) is 0 Å². The summed E-state index contributed by atoms with van der Waals surface area (Å²) in [5, 5.41) is 0. The van der Waals surface area contributed by atoms with Crippen LogP contribution in [0.3, 0.4) is 0 Å². The fourth-order valence-electron chi connectivity index (χ4n) is 2.09. The van der Waals surface area contributed by atoms with E-state index < -0.39 is 0 Å². The van der Waals surface area contributed by atoms with Gasteiger partial charge in [-0.2, -0.15) is 0 Å². The highest BCUT2D eigenvalue weighted by Gasteiger charge is 2.34. The van der Waals surface area contributed by atoms with Gasteiger partial charge in [-0.15, -0.1) is 0 Å². The van der Waals surface area contributed by atoms with Crippen LogP contribution in [0.2, 0.25) is 0 Å². The highest BCUT2D eigenvalue weighted by molar-refractivity contribution is 9.10. The molecule has 1 aliphatic rings. The number of hydrogen-bond donors (Lipinski definition) is 0. The van der Waals surface area contributed by atoms with Crippen molar-refractivity contribution in [3.8, 4) is 5.75 Å². The number of rotatable bonds is 1. The van der Waals surface area contributed by atoms with E-state index in [1.165, 1.54) is 0 Å². The molecule has 0 N–H and O–H groups in total. The molecule has 0 aliphatic carbocycles. The fourth-order valence-corrected chi connectivity index (χ4v) is 2.43. The van der Waals surface area contributed by atoms with Crippen LogP contribution in [0.15, 0.2) is 53.0 Å². The van der Waals surface area contributed by atoms with Crippen LogP contribution in [-0.2, 0) is 4.79 Å². The molecule has 3 rings (SSSR count). The molecule has 0 aromatic heterocycles. The van der Waals surface area contributed by atoms with Crippen molar-refractivity contribution in [2.75, 3.05) is 0 Å². The molecule has 17 heavy (non-hydrogen) atoms. The first kappa shape index (κ1) is 10.5. The smallest absolute Gasteiger partial charge is 0.323 e. The molecule has 0 saturated heterocycles. The molecule has 2 nitrogen and oxygen atoms in total. The van der Waals surface area contributed by atoms with Crippen molar-refractivity contribution in [3.63, 3.8) is 0 Å². The van der Waals surface area contributed by atoms with E-state index in [9.17, 15) is 4.79 Å². The van der Waals surface area contributed by atoms with E-state index in [0.717, 1.165) is 15.6 Å². The standard InChI is InChI=1S/C14H9BrO2/c15-10-6-7-11-12(8-10)17-14(16)13(11)9-4-2-1-3-5-9/h1-8,13H. The lowest BCUT2D eigenvalue weighted by Gasteiger charge is -2.06. The molecule has 2 aromatic carbocycles. The Hall–Kier alpha value is -1.61. The summed E-state index contributed by atoms with van der Waals surface area (Å²) in [4.78, 5) is 11.9. The summed E-state index contributed by atoms with van der Waals surface area (Å²) in [5.41, 5.74) is 1.91. The Kier molecular flexibility index (Phi) is 2.48. The van der Waals surface area contributed by atoms with Crippen molar-refractivity contribution in [3.05, 3.63) is 64.1 Å². The maximum Gasteiger partial charge on any atom is 0.323 e. The number of fused-ring (bicyclic) bond motifs is 1. The minimum atomic E-state index is -0.292. The first-order valence-corrected chi connectivity index (χ1v) is 6.11. The lowest BCUT2D eigenvalue weighted by molar-refractivity contribution is -0.133. The normalized spacial score (nSPS) is 17.7. The minimum absolute atomic E-state index is 0.204. The zero-order valence-corrected chi connectivity index (χ0v) is 10.5. The average molecular weight is 289 g/mol. The number of carbonyl (C=O) groups is 1. The Bertz CT molecular complexity index is 578. The Balaban J connectivity index is 2.12. The number of benzene rings is 2. The van der Waals surface area contributed by atoms with E-state index in [4.69, 9.17) is 4.74 Å². The van der Waals surface area contributed by atoms with Gasteiger partial charge in [-0.1, -0.05) is 52.3 Å². The van der Waals surface area contributed by atoms with Gasteiger partial charge < -0.3 is 4.74 Å². The molecule has 1 heterocycles. The second kappa shape index (κ2) is 4.00. The van der Waals surface area contributed by atoms with E-state index in [2.05, 4.69) is 15.9 Å². The van der Waals surface area contributed by atoms with Gasteiger partial charge in [0.25, 0.3) is 0 Å². The predicted molar refractivity (Wildman–Crippen MR) is 68.1 cm³/mol. The van der Waals surface area contributed by atoms with Crippen molar-refractivity contribution in [2.45, 2.75) is 5.92 Å². The molecular weight excluding hydrogens is 280 g/mol. The maximum absolute atomic E-state index is 11.9. The Morgan fingerprint density at radius 1 is 1.06 bits per heavy atom. The van der Waals surface area contributed by atoms with E-state index in [0.29, 0.717) is 5.75 Å². The molecule has 0 radical (unpaired) electrons. The zero-order chi connectivity index (χ0) is 11.8. The van der Waals surface area contributed by atoms with Crippen LogP contribution >= 0.6 is 15.9 Å². The number of hydrogen-bond acceptors (Lipinski definition) is 2. The van der Waals surface area contributed by atoms with Gasteiger partial charge in [0, 0.05) is 10.0 Å². The highest BCUT2D eigenvalue weighted by atomic mass is 79.9. The fraction of sp³-hybridized carbons (Fsp3) is 0.0714. The molecule has 1 atom stereocenters. The lowest BCUT2D eigenvalue weighted by atomic mass is 9.93. The molecule has 0 bridgehead atoms. The second-order valence-corrected chi connectivity index (χ2v) is 4.86. The molecule has 1 unspecified atom stereocenters. The summed E-state index contributed by atoms with van der Waals surface area (Å²) in [6.45, 7) is 0. The SMILES string of the molecule is O=C1Oc2cc(Br)ccc2C1c1ccccc1. The van der Waals surface area contributed by atoms with Gasteiger partial charge in [0.15, 0.2) is 0 Å². The number of halogens is 1. The minimum Gasteiger partial charge on any atom is -0.425 e. The largest absolute Gasteiger partial charge is 0.425 e. The van der Waals surface area contributed by atoms with Gasteiger partial charge in [-0.25, -0.2) is 0 Å². The molecule has 84 valence electrons. The van der Waals surface area contributed by atoms with E-state index in [1.807, 2.05) is 48.5 Å². The van der Waals surface area contributed by atoms with Crippen LogP contribution in [0, 0.1) is 0 Å². The lowest BCUT2D eigenvalue weighted by Crippen LogP contribution is -2.11. The third-order valence-corrected chi connectivity index (χ3v) is 3.36. The van der Waals surface area contributed by atoms with Crippen molar-refractivity contribution in [1.82, 2.24) is 0 Å². The van der Waals surface area contributed by atoms with Crippen molar-refractivity contribution >= 4 is 21.9 Å². The number of carbonyl (C=O) groups excluding carboxylic acids is 1. The summed E-state index contributed by atoms with van der Waals surface area (Å²) in [5.74, 6) is 0.154. The summed E-state index contributed by atoms with van der Waals surface area (Å²) in [6.07, 6.45) is 0. The third kappa shape index (κ3) is 1.76. The van der Waals surface area contributed by atoms with E-state index >= 15 is 0 Å². The predicted octanol–water partition coefficient (Wildman–Crippen LogP) is 3.50. The van der Waals surface area contributed by atoms with Crippen LogP contribution in [0.5, 0.6) is 5.75 Å². The van der Waals surface area contributed by atoms with Gasteiger partial charge in [0.2, 0.25) is 0 Å². The summed E-state index contributed by atoms with van der Waals surface area (Å²) in [7, 11) is 0. The Morgan fingerprint density at radius 3 is 2.59 bits per heavy atom. The first-order valence-electron chi connectivity index (χ1n) is 5.32. The molecule has 0 spiro atoms. The van der Waals surface area contributed by atoms with Gasteiger partial charge in [0.1, 0.15) is 11.7 Å². The topological polar surface area (TPSA) is 26.3 Å². The molecule has 1 aliphatic heterocycles. The summed E-state index contributed by atoms with van der Waals surface area (Å²) < 4.78 is 6.20. The van der Waals surface area contributed by atoms with Gasteiger partial charge in [-0.3, -0.25) is 4.79 Å². The van der Waals surface area contributed by atoms with Gasteiger partial charge in [0.05, 0.1) is 0 Å². The average Bonchev–Trinajstić information content (AvgIpc) is 2.65. The summed E-state index contributed by atoms with van der Waals surface area (Å²) in [6, 6.07) is 15.4. The van der Waals surface area contributed by atoms with Crippen molar-refractivity contribution in [2.24, 2.45) is 0 Å². The van der Waals surface area contributed by atoms with E-state index in [1.54, 1.807) is 0 Å².